The molecule has 6 heteroatoms. The first-order valence-electron chi connectivity index (χ1n) is 32.4. The van der Waals surface area contributed by atoms with E-state index in [1.165, 1.54) is 173 Å². The highest BCUT2D eigenvalue weighted by Crippen LogP contribution is 2.18. The Morgan fingerprint density at radius 3 is 0.893 bits per heavy atom. The van der Waals surface area contributed by atoms with Gasteiger partial charge in [0.05, 0.1) is 0 Å². The Morgan fingerprint density at radius 1 is 0.280 bits per heavy atom. The summed E-state index contributed by atoms with van der Waals surface area (Å²) in [5.41, 5.74) is 0. The van der Waals surface area contributed by atoms with Gasteiger partial charge in [0, 0.05) is 19.3 Å². The molecule has 0 bridgehead atoms. The van der Waals surface area contributed by atoms with Crippen molar-refractivity contribution in [1.82, 2.24) is 0 Å². The van der Waals surface area contributed by atoms with E-state index in [4.69, 9.17) is 14.2 Å². The molecule has 0 aromatic carbocycles. The van der Waals surface area contributed by atoms with Crippen molar-refractivity contribution in [1.29, 1.82) is 0 Å². The van der Waals surface area contributed by atoms with Gasteiger partial charge in [-0.3, -0.25) is 14.4 Å². The Hall–Kier alpha value is -3.15. The molecule has 0 aliphatic heterocycles. The molecule has 0 aliphatic carbocycles. The van der Waals surface area contributed by atoms with Crippen molar-refractivity contribution in [2.75, 3.05) is 13.2 Å². The molecule has 1 unspecified atom stereocenters. The van der Waals surface area contributed by atoms with Gasteiger partial charge in [-0.15, -0.1) is 0 Å². The van der Waals surface area contributed by atoms with Gasteiger partial charge in [-0.05, 0) is 83.5 Å². The number of hydrogen-bond acceptors (Lipinski definition) is 6. The number of ether oxygens (including phenoxy) is 3. The maximum absolute atomic E-state index is 12.8. The van der Waals surface area contributed by atoms with E-state index in [1.807, 2.05) is 0 Å². The first-order chi connectivity index (χ1) is 37.0. The standard InChI is InChI=1S/C69H122O6/c1-4-7-10-13-16-19-22-25-27-28-29-30-31-32-33-34-35-36-37-38-39-40-42-44-47-50-53-56-59-62-68(71)74-65-66(64-73-67(70)61-58-55-52-49-46-43-24-21-18-15-12-9-6-3)75-69(72)63-60-57-54-51-48-45-41-26-23-20-17-14-11-8-5-2/h8,11-12,15,17,20-21,24,26,41,48,51,66H,4-7,9-10,13-14,16,18-19,22-23,25,27-40,42-47,49-50,52-65H2,1-3H3/b11-8-,15-12-,20-17-,24-21-,41-26-,51-48-. The van der Waals surface area contributed by atoms with E-state index in [2.05, 4.69) is 93.7 Å². The van der Waals surface area contributed by atoms with Gasteiger partial charge in [-0.25, -0.2) is 0 Å². The van der Waals surface area contributed by atoms with E-state index in [0.717, 1.165) is 109 Å². The zero-order valence-electron chi connectivity index (χ0n) is 49.8. The molecule has 1 atom stereocenters. The van der Waals surface area contributed by atoms with Crippen molar-refractivity contribution < 1.29 is 28.6 Å². The third-order valence-corrected chi connectivity index (χ3v) is 14.2. The molecule has 75 heavy (non-hydrogen) atoms. The monoisotopic (exact) mass is 1050 g/mol. The molecule has 0 saturated carbocycles. The van der Waals surface area contributed by atoms with Crippen LogP contribution in [0.1, 0.15) is 329 Å². The third-order valence-electron chi connectivity index (χ3n) is 14.2. The number of carbonyl (C=O) groups excluding carboxylic acids is 3. The summed E-state index contributed by atoms with van der Waals surface area (Å²) in [7, 11) is 0. The van der Waals surface area contributed by atoms with Gasteiger partial charge in [0.15, 0.2) is 6.10 Å². The van der Waals surface area contributed by atoms with Gasteiger partial charge in [-0.1, -0.05) is 299 Å². The summed E-state index contributed by atoms with van der Waals surface area (Å²) in [6.45, 7) is 6.45. The summed E-state index contributed by atoms with van der Waals surface area (Å²) in [6, 6.07) is 0. The Bertz CT molecular complexity index is 1390. The van der Waals surface area contributed by atoms with E-state index < -0.39 is 6.10 Å². The number of allylic oxidation sites excluding steroid dienone is 12. The van der Waals surface area contributed by atoms with Crippen molar-refractivity contribution in [3.63, 3.8) is 0 Å². The number of carbonyl (C=O) groups is 3. The van der Waals surface area contributed by atoms with Crippen molar-refractivity contribution >= 4 is 17.9 Å². The molecule has 0 aromatic heterocycles. The Labute approximate surface area is 465 Å². The summed E-state index contributed by atoms with van der Waals surface area (Å²) in [6.07, 6.45) is 82.3. The lowest BCUT2D eigenvalue weighted by molar-refractivity contribution is -0.167. The fourth-order valence-electron chi connectivity index (χ4n) is 9.36. The summed E-state index contributed by atoms with van der Waals surface area (Å²) >= 11 is 0. The van der Waals surface area contributed by atoms with Crippen LogP contribution in [0.5, 0.6) is 0 Å². The lowest BCUT2D eigenvalue weighted by Crippen LogP contribution is -2.30. The van der Waals surface area contributed by atoms with E-state index in [0.29, 0.717) is 19.3 Å². The molecule has 0 heterocycles. The average Bonchev–Trinajstić information content (AvgIpc) is 3.41. The molecule has 0 aromatic rings. The van der Waals surface area contributed by atoms with Gasteiger partial charge in [0.1, 0.15) is 13.2 Å². The summed E-state index contributed by atoms with van der Waals surface area (Å²) < 4.78 is 16.9. The fourth-order valence-corrected chi connectivity index (χ4v) is 9.36. The molecule has 0 saturated heterocycles. The maximum atomic E-state index is 12.8. The number of hydrogen-bond donors (Lipinski definition) is 0. The van der Waals surface area contributed by atoms with Crippen LogP contribution in [0.3, 0.4) is 0 Å². The molecule has 434 valence electrons. The van der Waals surface area contributed by atoms with Crippen LogP contribution in [0.2, 0.25) is 0 Å². The molecule has 0 radical (unpaired) electrons. The minimum absolute atomic E-state index is 0.0944. The highest BCUT2D eigenvalue weighted by atomic mass is 16.6. The van der Waals surface area contributed by atoms with E-state index in [9.17, 15) is 14.4 Å². The quantitative estimate of drug-likeness (QED) is 0.0261. The minimum atomic E-state index is -0.802. The second kappa shape index (κ2) is 63.4. The Balaban J connectivity index is 4.20. The highest BCUT2D eigenvalue weighted by Gasteiger charge is 2.19. The van der Waals surface area contributed by atoms with Crippen molar-refractivity contribution in [2.24, 2.45) is 0 Å². The maximum Gasteiger partial charge on any atom is 0.306 e. The van der Waals surface area contributed by atoms with E-state index in [-0.39, 0.29) is 37.5 Å². The van der Waals surface area contributed by atoms with Crippen LogP contribution in [0.25, 0.3) is 0 Å². The van der Waals surface area contributed by atoms with Crippen LogP contribution in [0, 0.1) is 0 Å². The second-order valence-electron chi connectivity index (χ2n) is 21.6. The van der Waals surface area contributed by atoms with Gasteiger partial charge in [0.2, 0.25) is 0 Å². The van der Waals surface area contributed by atoms with Crippen molar-refractivity contribution in [2.45, 2.75) is 335 Å². The van der Waals surface area contributed by atoms with Gasteiger partial charge >= 0.3 is 17.9 Å². The second-order valence-corrected chi connectivity index (χ2v) is 21.6. The molecular formula is C69H122O6. The predicted octanol–water partition coefficient (Wildman–Crippen LogP) is 22.1. The predicted molar refractivity (Wildman–Crippen MR) is 325 cm³/mol. The van der Waals surface area contributed by atoms with Crippen molar-refractivity contribution in [3.05, 3.63) is 72.9 Å². The van der Waals surface area contributed by atoms with Gasteiger partial charge < -0.3 is 14.2 Å². The lowest BCUT2D eigenvalue weighted by atomic mass is 10.0. The number of rotatable bonds is 59. The van der Waals surface area contributed by atoms with Crippen molar-refractivity contribution in [3.8, 4) is 0 Å². The third kappa shape index (κ3) is 61.6. The number of unbranched alkanes of at least 4 members (excludes halogenated alkanes) is 36. The topological polar surface area (TPSA) is 78.9 Å². The van der Waals surface area contributed by atoms with Crippen LogP contribution in [0.15, 0.2) is 72.9 Å². The van der Waals surface area contributed by atoms with E-state index in [1.54, 1.807) is 0 Å². The van der Waals surface area contributed by atoms with Crippen LogP contribution in [0.4, 0.5) is 0 Å². The fraction of sp³-hybridized carbons (Fsp3) is 0.783. The first-order valence-corrected chi connectivity index (χ1v) is 32.4. The molecule has 0 N–H and O–H groups in total. The van der Waals surface area contributed by atoms with Crippen LogP contribution < -0.4 is 0 Å². The highest BCUT2D eigenvalue weighted by molar-refractivity contribution is 5.71. The minimum Gasteiger partial charge on any atom is -0.462 e. The Kier molecular flexibility index (Phi) is 60.7. The SMILES string of the molecule is CC/C=C\C/C=C\C/C=C\C/C=C\CCCCC(=O)OC(COC(=O)CCCCCCC/C=C\C/C=C\CCC)COC(=O)CCCCCCCCCCCCCCCCCCCCCCCCCCCCCCC. The van der Waals surface area contributed by atoms with Gasteiger partial charge in [-0.2, -0.15) is 0 Å². The van der Waals surface area contributed by atoms with Crippen LogP contribution in [-0.4, -0.2) is 37.2 Å². The zero-order chi connectivity index (χ0) is 54.3. The van der Waals surface area contributed by atoms with Crippen LogP contribution in [-0.2, 0) is 28.6 Å². The van der Waals surface area contributed by atoms with E-state index >= 15 is 0 Å². The first kappa shape index (κ1) is 71.8. The Morgan fingerprint density at radius 2 is 0.547 bits per heavy atom. The molecule has 0 fully saturated rings. The molecule has 0 spiro atoms. The smallest absolute Gasteiger partial charge is 0.306 e. The summed E-state index contributed by atoms with van der Waals surface area (Å²) in [4.78, 5) is 38.2. The average molecular weight is 1050 g/mol. The van der Waals surface area contributed by atoms with Gasteiger partial charge in [0.25, 0.3) is 0 Å². The normalized spacial score (nSPS) is 12.5. The molecule has 0 aliphatic rings. The summed E-state index contributed by atoms with van der Waals surface area (Å²) in [5, 5.41) is 0. The molecule has 0 amide bonds. The number of esters is 3. The molecule has 0 rings (SSSR count). The summed E-state index contributed by atoms with van der Waals surface area (Å²) in [5.74, 6) is -0.939. The molecule has 6 nitrogen and oxygen atoms in total. The lowest BCUT2D eigenvalue weighted by Gasteiger charge is -2.18. The zero-order valence-corrected chi connectivity index (χ0v) is 49.8. The molecular weight excluding hydrogens is 925 g/mol. The van der Waals surface area contributed by atoms with Crippen LogP contribution >= 0.6 is 0 Å². The largest absolute Gasteiger partial charge is 0.462 e.